The number of nitrogens with two attached hydrogens (primary N) is 1. The number of nitrogens with zero attached hydrogens (tertiary/aromatic N) is 1. The smallest absolute Gasteiger partial charge is 0.161 e. The van der Waals surface area contributed by atoms with Crippen molar-refractivity contribution >= 4 is 0 Å². The molecule has 2 N–H and O–H groups in total. The molecule has 0 bridgehead atoms. The molecule has 0 aromatic heterocycles. The second-order valence-corrected chi connectivity index (χ2v) is 4.58. The largest absolute Gasteiger partial charge is 0.493 e. The van der Waals surface area contributed by atoms with E-state index in [0.29, 0.717) is 13.1 Å². The van der Waals surface area contributed by atoms with Crippen LogP contribution in [0.5, 0.6) is 11.5 Å². The van der Waals surface area contributed by atoms with Crippen LogP contribution in [-0.2, 0) is 13.1 Å². The van der Waals surface area contributed by atoms with Gasteiger partial charge < -0.3 is 9.47 Å². The second kappa shape index (κ2) is 6.93. The van der Waals surface area contributed by atoms with E-state index in [0.717, 1.165) is 17.1 Å². The molecule has 0 spiro atoms. The Hall–Kier alpha value is -2.04. The van der Waals surface area contributed by atoms with Crippen molar-refractivity contribution in [3.8, 4) is 11.5 Å². The molecule has 0 aliphatic heterocycles. The highest BCUT2D eigenvalue weighted by Gasteiger charge is 2.07. The van der Waals surface area contributed by atoms with E-state index in [2.05, 4.69) is 12.1 Å². The van der Waals surface area contributed by atoms with E-state index in [1.807, 2.05) is 36.4 Å². The van der Waals surface area contributed by atoms with E-state index < -0.39 is 0 Å². The average molecular weight is 272 g/mol. The van der Waals surface area contributed by atoms with Gasteiger partial charge in [0.25, 0.3) is 0 Å². The minimum absolute atomic E-state index is 0.648. The van der Waals surface area contributed by atoms with Gasteiger partial charge >= 0.3 is 0 Å². The Morgan fingerprint density at radius 1 is 0.850 bits per heavy atom. The zero-order valence-corrected chi connectivity index (χ0v) is 11.9. The number of benzene rings is 2. The summed E-state index contributed by atoms with van der Waals surface area (Å²) in [6.45, 7) is 1.35. The van der Waals surface area contributed by atoms with Crippen molar-refractivity contribution in [3.63, 3.8) is 0 Å². The highest BCUT2D eigenvalue weighted by Crippen LogP contribution is 2.27. The minimum atomic E-state index is 0.648. The summed E-state index contributed by atoms with van der Waals surface area (Å²) in [5.74, 6) is 7.51. The first kappa shape index (κ1) is 14.4. The summed E-state index contributed by atoms with van der Waals surface area (Å²) in [5.41, 5.74) is 2.27. The van der Waals surface area contributed by atoms with Gasteiger partial charge in [-0.1, -0.05) is 36.4 Å². The maximum atomic E-state index is 6.06. The summed E-state index contributed by atoms with van der Waals surface area (Å²) in [7, 11) is 3.26. The Morgan fingerprint density at radius 3 is 2.15 bits per heavy atom. The fraction of sp³-hybridized carbons (Fsp3) is 0.250. The molecule has 0 unspecified atom stereocenters. The maximum absolute atomic E-state index is 6.06. The molecule has 2 aromatic carbocycles. The van der Waals surface area contributed by atoms with Crippen molar-refractivity contribution in [1.82, 2.24) is 5.01 Å². The summed E-state index contributed by atoms with van der Waals surface area (Å²) >= 11 is 0. The van der Waals surface area contributed by atoms with Crippen LogP contribution in [0, 0.1) is 0 Å². The van der Waals surface area contributed by atoms with Gasteiger partial charge in [0, 0.05) is 13.1 Å². The molecular weight excluding hydrogens is 252 g/mol. The summed E-state index contributed by atoms with van der Waals surface area (Å²) in [4.78, 5) is 0. The van der Waals surface area contributed by atoms with Crippen molar-refractivity contribution in [3.05, 3.63) is 59.7 Å². The van der Waals surface area contributed by atoms with Gasteiger partial charge in [-0.2, -0.15) is 0 Å². The van der Waals surface area contributed by atoms with E-state index in [1.54, 1.807) is 19.2 Å². The highest BCUT2D eigenvalue weighted by atomic mass is 16.5. The van der Waals surface area contributed by atoms with Gasteiger partial charge in [-0.15, -0.1) is 0 Å². The Labute approximate surface area is 119 Å². The van der Waals surface area contributed by atoms with Crippen LogP contribution in [0.3, 0.4) is 0 Å². The van der Waals surface area contributed by atoms with Crippen molar-refractivity contribution in [2.75, 3.05) is 14.2 Å². The maximum Gasteiger partial charge on any atom is 0.161 e. The predicted molar refractivity (Wildman–Crippen MR) is 79.4 cm³/mol. The van der Waals surface area contributed by atoms with Crippen LogP contribution < -0.4 is 15.3 Å². The summed E-state index contributed by atoms with van der Waals surface area (Å²) < 4.78 is 10.5. The van der Waals surface area contributed by atoms with Crippen molar-refractivity contribution in [1.29, 1.82) is 0 Å². The van der Waals surface area contributed by atoms with E-state index >= 15 is 0 Å². The van der Waals surface area contributed by atoms with E-state index in [1.165, 1.54) is 5.56 Å². The third kappa shape index (κ3) is 3.73. The first-order valence-electron chi connectivity index (χ1n) is 6.47. The fourth-order valence-electron chi connectivity index (χ4n) is 2.09. The van der Waals surface area contributed by atoms with Crippen LogP contribution in [0.25, 0.3) is 0 Å². The van der Waals surface area contributed by atoms with Crippen LogP contribution in [0.4, 0.5) is 0 Å². The van der Waals surface area contributed by atoms with Crippen molar-refractivity contribution < 1.29 is 9.47 Å². The molecular formula is C16H20N2O2. The number of hydrazine groups is 1. The van der Waals surface area contributed by atoms with Gasteiger partial charge in [0.1, 0.15) is 0 Å². The number of hydrogen-bond acceptors (Lipinski definition) is 4. The van der Waals surface area contributed by atoms with Crippen LogP contribution in [0.1, 0.15) is 11.1 Å². The molecule has 0 aliphatic rings. The van der Waals surface area contributed by atoms with Crippen LogP contribution in [-0.4, -0.2) is 19.2 Å². The molecule has 0 atom stereocenters. The van der Waals surface area contributed by atoms with E-state index in [4.69, 9.17) is 15.3 Å². The number of hydrogen-bond donors (Lipinski definition) is 1. The topological polar surface area (TPSA) is 47.7 Å². The van der Waals surface area contributed by atoms with Gasteiger partial charge in [0.05, 0.1) is 14.2 Å². The molecule has 0 aliphatic carbocycles. The Bertz CT molecular complexity index is 543. The third-order valence-corrected chi connectivity index (χ3v) is 3.06. The zero-order chi connectivity index (χ0) is 14.4. The fourth-order valence-corrected chi connectivity index (χ4v) is 2.09. The Kier molecular flexibility index (Phi) is 4.98. The molecule has 2 rings (SSSR count). The summed E-state index contributed by atoms with van der Waals surface area (Å²) in [6.07, 6.45) is 0. The van der Waals surface area contributed by atoms with Crippen LogP contribution in [0.15, 0.2) is 48.5 Å². The van der Waals surface area contributed by atoms with Gasteiger partial charge in [0.15, 0.2) is 11.5 Å². The molecule has 4 heteroatoms. The summed E-state index contributed by atoms with van der Waals surface area (Å²) in [5, 5.41) is 1.77. The molecule has 0 amide bonds. The quantitative estimate of drug-likeness (QED) is 0.648. The normalized spacial score (nSPS) is 10.6. The molecule has 0 heterocycles. The molecule has 0 saturated carbocycles. The van der Waals surface area contributed by atoms with Crippen molar-refractivity contribution in [2.45, 2.75) is 13.1 Å². The molecule has 0 saturated heterocycles. The van der Waals surface area contributed by atoms with Gasteiger partial charge in [0.2, 0.25) is 0 Å². The standard InChI is InChI=1S/C16H20N2O2/c1-19-15-9-8-14(10-16(15)20-2)12-18(17)11-13-6-4-3-5-7-13/h3-10H,11-12,17H2,1-2H3. The highest BCUT2D eigenvalue weighted by molar-refractivity contribution is 5.42. The molecule has 2 aromatic rings. The molecule has 4 nitrogen and oxygen atoms in total. The van der Waals surface area contributed by atoms with E-state index in [-0.39, 0.29) is 0 Å². The third-order valence-electron chi connectivity index (χ3n) is 3.06. The average Bonchev–Trinajstić information content (AvgIpc) is 2.48. The first-order valence-corrected chi connectivity index (χ1v) is 6.47. The lowest BCUT2D eigenvalue weighted by molar-refractivity contribution is 0.265. The van der Waals surface area contributed by atoms with Gasteiger partial charge in [-0.3, -0.25) is 5.84 Å². The second-order valence-electron chi connectivity index (χ2n) is 4.58. The van der Waals surface area contributed by atoms with E-state index in [9.17, 15) is 0 Å². The number of ether oxygens (including phenoxy) is 2. The lowest BCUT2D eigenvalue weighted by Gasteiger charge is -2.17. The molecule has 0 radical (unpaired) electrons. The molecule has 20 heavy (non-hydrogen) atoms. The molecule has 106 valence electrons. The molecule has 0 fully saturated rings. The Morgan fingerprint density at radius 2 is 1.50 bits per heavy atom. The lowest BCUT2D eigenvalue weighted by atomic mass is 10.1. The minimum Gasteiger partial charge on any atom is -0.493 e. The van der Waals surface area contributed by atoms with Crippen LogP contribution in [0.2, 0.25) is 0 Å². The summed E-state index contributed by atoms with van der Waals surface area (Å²) in [6, 6.07) is 16.0. The lowest BCUT2D eigenvalue weighted by Crippen LogP contribution is -2.29. The van der Waals surface area contributed by atoms with Crippen molar-refractivity contribution in [2.24, 2.45) is 5.84 Å². The zero-order valence-electron chi connectivity index (χ0n) is 11.9. The first-order chi connectivity index (χ1) is 9.72. The number of rotatable bonds is 6. The number of methoxy groups -OCH3 is 2. The van der Waals surface area contributed by atoms with Gasteiger partial charge in [-0.25, -0.2) is 5.01 Å². The van der Waals surface area contributed by atoms with Crippen LogP contribution >= 0.6 is 0 Å². The monoisotopic (exact) mass is 272 g/mol. The Balaban J connectivity index is 2.02. The predicted octanol–water partition coefficient (Wildman–Crippen LogP) is 2.58. The SMILES string of the molecule is COc1ccc(CN(N)Cc2ccccc2)cc1OC. The van der Waals surface area contributed by atoms with Gasteiger partial charge in [-0.05, 0) is 23.3 Å².